The summed E-state index contributed by atoms with van der Waals surface area (Å²) in [6.07, 6.45) is 2.93. The molecule has 108 valence electrons. The van der Waals surface area contributed by atoms with Crippen molar-refractivity contribution >= 4 is 29.2 Å². The lowest BCUT2D eigenvalue weighted by molar-refractivity contribution is -0.146. The van der Waals surface area contributed by atoms with E-state index in [-0.39, 0.29) is 17.9 Å². The number of aliphatic carboxylic acids is 1. The average Bonchev–Trinajstić information content (AvgIpc) is 2.63. The molecule has 0 saturated carbocycles. The van der Waals surface area contributed by atoms with Crippen LogP contribution in [0.3, 0.4) is 0 Å². The zero-order chi connectivity index (χ0) is 14.4. The fourth-order valence-corrected chi connectivity index (χ4v) is 4.20. The first-order chi connectivity index (χ1) is 9.49. The minimum atomic E-state index is -0.710. The Balaban J connectivity index is 1.98. The number of rotatable bonds is 2. The lowest BCUT2D eigenvalue weighted by Crippen LogP contribution is -2.48. The first-order valence-corrected chi connectivity index (χ1v) is 7.64. The van der Waals surface area contributed by atoms with Crippen LogP contribution in [0.15, 0.2) is 18.2 Å². The van der Waals surface area contributed by atoms with Gasteiger partial charge in [-0.25, -0.2) is 0 Å². The van der Waals surface area contributed by atoms with Crippen LogP contribution in [0.5, 0.6) is 0 Å². The number of carboxylic acids is 1. The second kappa shape index (κ2) is 5.21. The van der Waals surface area contributed by atoms with Crippen LogP contribution in [0.2, 0.25) is 10.0 Å². The smallest absolute Gasteiger partial charge is 0.308 e. The number of carboxylic acid groups (broad SMARTS) is 1. The highest BCUT2D eigenvalue weighted by Gasteiger charge is 2.49. The van der Waals surface area contributed by atoms with Gasteiger partial charge in [-0.15, -0.1) is 0 Å². The first-order valence-electron chi connectivity index (χ1n) is 6.88. The van der Waals surface area contributed by atoms with Crippen LogP contribution >= 0.6 is 23.2 Å². The van der Waals surface area contributed by atoms with Gasteiger partial charge < -0.3 is 5.11 Å². The number of hydrogen-bond acceptors (Lipinski definition) is 2. The molecule has 0 spiro atoms. The van der Waals surface area contributed by atoms with E-state index in [0.717, 1.165) is 24.8 Å². The standard InChI is InChI=1S/C15H17Cl2NO2/c1-18-9-3-5-13(18)14(15(19)20)10(7-9)8-2-4-11(16)12(17)6-8/h2,4,6,9-10,13-14H,3,5,7H2,1H3,(H,19,20)/t9-,10+,13+,14-/m0/s1. The van der Waals surface area contributed by atoms with Crippen LogP contribution in [0.1, 0.15) is 30.7 Å². The Morgan fingerprint density at radius 2 is 2.05 bits per heavy atom. The molecule has 3 rings (SSSR count). The van der Waals surface area contributed by atoms with Gasteiger partial charge in [0.2, 0.25) is 0 Å². The molecule has 2 fully saturated rings. The molecule has 5 heteroatoms. The Labute approximate surface area is 128 Å². The van der Waals surface area contributed by atoms with E-state index in [4.69, 9.17) is 23.2 Å². The predicted octanol–water partition coefficient (Wildman–Crippen LogP) is 3.64. The van der Waals surface area contributed by atoms with E-state index in [1.54, 1.807) is 6.07 Å². The van der Waals surface area contributed by atoms with Crippen LogP contribution in [0, 0.1) is 5.92 Å². The second-order valence-corrected chi connectivity index (χ2v) is 6.66. The van der Waals surface area contributed by atoms with Crippen LogP contribution in [-0.4, -0.2) is 35.1 Å². The number of piperidine rings is 1. The summed E-state index contributed by atoms with van der Waals surface area (Å²) < 4.78 is 0. The molecule has 0 aromatic heterocycles. The molecule has 0 unspecified atom stereocenters. The Hall–Kier alpha value is -0.770. The number of halogens is 2. The third-order valence-corrected chi connectivity index (χ3v) is 5.66. The van der Waals surface area contributed by atoms with Crippen molar-refractivity contribution in [2.75, 3.05) is 7.05 Å². The van der Waals surface area contributed by atoms with E-state index in [9.17, 15) is 9.90 Å². The highest BCUT2D eigenvalue weighted by Crippen LogP contribution is 2.46. The van der Waals surface area contributed by atoms with Crippen LogP contribution in [-0.2, 0) is 4.79 Å². The highest BCUT2D eigenvalue weighted by atomic mass is 35.5. The van der Waals surface area contributed by atoms with Crippen molar-refractivity contribution in [3.05, 3.63) is 33.8 Å². The zero-order valence-corrected chi connectivity index (χ0v) is 12.7. The Morgan fingerprint density at radius 3 is 2.70 bits per heavy atom. The maximum absolute atomic E-state index is 11.7. The topological polar surface area (TPSA) is 40.5 Å². The maximum atomic E-state index is 11.7. The fourth-order valence-electron chi connectivity index (χ4n) is 3.89. The van der Waals surface area contributed by atoms with Gasteiger partial charge in [0.1, 0.15) is 0 Å². The molecular formula is C15H17Cl2NO2. The van der Waals surface area contributed by atoms with Crippen LogP contribution in [0.25, 0.3) is 0 Å². The summed E-state index contributed by atoms with van der Waals surface area (Å²) in [5.74, 6) is -1.05. The quantitative estimate of drug-likeness (QED) is 0.906. The molecule has 2 aliphatic rings. The molecule has 3 nitrogen and oxygen atoms in total. The van der Waals surface area contributed by atoms with E-state index in [1.807, 2.05) is 19.2 Å². The molecule has 2 heterocycles. The normalized spacial score (nSPS) is 33.4. The van der Waals surface area contributed by atoms with Gasteiger partial charge in [0.25, 0.3) is 0 Å². The monoisotopic (exact) mass is 313 g/mol. The third-order valence-electron chi connectivity index (χ3n) is 4.93. The Morgan fingerprint density at radius 1 is 1.30 bits per heavy atom. The van der Waals surface area contributed by atoms with Gasteiger partial charge in [0.15, 0.2) is 0 Å². The lowest BCUT2D eigenvalue weighted by atomic mass is 9.76. The predicted molar refractivity (Wildman–Crippen MR) is 79.5 cm³/mol. The third kappa shape index (κ3) is 2.22. The van der Waals surface area contributed by atoms with Crippen LogP contribution < -0.4 is 0 Å². The number of benzene rings is 1. The van der Waals surface area contributed by atoms with E-state index in [0.29, 0.717) is 16.1 Å². The molecule has 20 heavy (non-hydrogen) atoms. The van der Waals surface area contributed by atoms with Crippen molar-refractivity contribution in [2.45, 2.75) is 37.3 Å². The molecule has 2 bridgehead atoms. The first kappa shape index (κ1) is 14.2. The Kier molecular flexibility index (Phi) is 3.69. The van der Waals surface area contributed by atoms with Crippen LogP contribution in [0.4, 0.5) is 0 Å². The van der Waals surface area contributed by atoms with Gasteiger partial charge in [-0.3, -0.25) is 9.69 Å². The lowest BCUT2D eigenvalue weighted by Gasteiger charge is -2.41. The van der Waals surface area contributed by atoms with Gasteiger partial charge in [-0.05, 0) is 44.0 Å². The molecule has 1 aromatic rings. The van der Waals surface area contributed by atoms with Crippen molar-refractivity contribution in [1.82, 2.24) is 4.90 Å². The molecule has 1 aromatic carbocycles. The summed E-state index contributed by atoms with van der Waals surface area (Å²) in [7, 11) is 2.04. The molecule has 4 atom stereocenters. The summed E-state index contributed by atoms with van der Waals surface area (Å²) in [4.78, 5) is 14.0. The highest BCUT2D eigenvalue weighted by molar-refractivity contribution is 6.42. The average molecular weight is 314 g/mol. The second-order valence-electron chi connectivity index (χ2n) is 5.84. The van der Waals surface area contributed by atoms with Gasteiger partial charge in [0.05, 0.1) is 16.0 Å². The molecule has 0 amide bonds. The van der Waals surface area contributed by atoms with Crippen molar-refractivity contribution in [1.29, 1.82) is 0 Å². The Bertz CT molecular complexity index is 549. The molecular weight excluding hydrogens is 297 g/mol. The summed E-state index contributed by atoms with van der Waals surface area (Å²) in [6.45, 7) is 0. The van der Waals surface area contributed by atoms with Crippen molar-refractivity contribution < 1.29 is 9.90 Å². The molecule has 0 radical (unpaired) electrons. The van der Waals surface area contributed by atoms with E-state index in [2.05, 4.69) is 4.90 Å². The van der Waals surface area contributed by atoms with E-state index in [1.165, 1.54) is 0 Å². The minimum absolute atomic E-state index is 0.0240. The molecule has 2 aliphatic heterocycles. The van der Waals surface area contributed by atoms with Gasteiger partial charge in [-0.2, -0.15) is 0 Å². The fraction of sp³-hybridized carbons (Fsp3) is 0.533. The zero-order valence-electron chi connectivity index (χ0n) is 11.2. The number of fused-ring (bicyclic) bond motifs is 2. The summed E-state index contributed by atoms with van der Waals surface area (Å²) in [5.41, 5.74) is 0.997. The van der Waals surface area contributed by atoms with Gasteiger partial charge in [-0.1, -0.05) is 29.3 Å². The maximum Gasteiger partial charge on any atom is 0.308 e. The number of hydrogen-bond donors (Lipinski definition) is 1. The van der Waals surface area contributed by atoms with Crippen molar-refractivity contribution in [3.63, 3.8) is 0 Å². The number of nitrogens with zero attached hydrogens (tertiary/aromatic N) is 1. The van der Waals surface area contributed by atoms with E-state index >= 15 is 0 Å². The van der Waals surface area contributed by atoms with Gasteiger partial charge >= 0.3 is 5.97 Å². The molecule has 1 N–H and O–H groups in total. The van der Waals surface area contributed by atoms with E-state index < -0.39 is 5.97 Å². The molecule has 2 saturated heterocycles. The summed E-state index contributed by atoms with van der Waals surface area (Å²) >= 11 is 12.0. The van der Waals surface area contributed by atoms with Gasteiger partial charge in [0, 0.05) is 18.0 Å². The largest absolute Gasteiger partial charge is 0.481 e. The summed E-state index contributed by atoms with van der Waals surface area (Å²) in [6, 6.07) is 6.12. The van der Waals surface area contributed by atoms with Crippen molar-refractivity contribution in [3.8, 4) is 0 Å². The minimum Gasteiger partial charge on any atom is -0.481 e. The SMILES string of the molecule is CN1[C@H]2CC[C@@H]1[C@@H](C(=O)O)[C@@H](c1ccc(Cl)c(Cl)c1)C2. The number of carbonyl (C=O) groups is 1. The van der Waals surface area contributed by atoms with Crippen molar-refractivity contribution in [2.24, 2.45) is 5.92 Å². The summed E-state index contributed by atoms with van der Waals surface area (Å²) in [5, 5.41) is 10.7. The molecule has 0 aliphatic carbocycles.